The minimum absolute atomic E-state index is 0.0102. The molecule has 0 saturated heterocycles. The summed E-state index contributed by atoms with van der Waals surface area (Å²) in [4.78, 5) is 0. The van der Waals surface area contributed by atoms with Crippen LogP contribution in [0.15, 0.2) is 24.3 Å². The molecule has 2 nitrogen and oxygen atoms in total. The third-order valence-corrected chi connectivity index (χ3v) is 2.65. The molecule has 0 fully saturated rings. The molecule has 90 valence electrons. The van der Waals surface area contributed by atoms with Crippen LogP contribution in [0.4, 0.5) is 18.9 Å². The molecule has 0 unspecified atom stereocenters. The summed E-state index contributed by atoms with van der Waals surface area (Å²) in [6.45, 7) is 0.795. The summed E-state index contributed by atoms with van der Waals surface area (Å²) in [5, 5.41) is 2.91. The van der Waals surface area contributed by atoms with Gasteiger partial charge in [0.05, 0.1) is 0 Å². The second-order valence-electron chi connectivity index (χ2n) is 3.17. The zero-order valence-corrected chi connectivity index (χ0v) is 9.37. The van der Waals surface area contributed by atoms with E-state index in [0.717, 1.165) is 5.56 Å². The van der Waals surface area contributed by atoms with Crippen LogP contribution in [0.25, 0.3) is 0 Å². The number of hydrogen-bond acceptors (Lipinski definition) is 3. The van der Waals surface area contributed by atoms with Crippen molar-refractivity contribution in [1.29, 1.82) is 0 Å². The number of alkyl halides is 3. The fourth-order valence-corrected chi connectivity index (χ4v) is 1.64. The Bertz CT molecular complexity index is 328. The van der Waals surface area contributed by atoms with Gasteiger partial charge >= 0.3 is 5.51 Å². The monoisotopic (exact) mass is 250 g/mol. The van der Waals surface area contributed by atoms with Crippen molar-refractivity contribution in [3.63, 3.8) is 0 Å². The summed E-state index contributed by atoms with van der Waals surface area (Å²) in [5.74, 6) is 0.0102. The molecule has 0 aliphatic heterocycles. The molecular weight excluding hydrogens is 237 g/mol. The first-order valence-corrected chi connectivity index (χ1v) is 5.72. The molecule has 0 aliphatic carbocycles. The van der Waals surface area contributed by atoms with E-state index in [1.54, 1.807) is 6.07 Å². The van der Waals surface area contributed by atoms with E-state index in [1.165, 1.54) is 0 Å². The van der Waals surface area contributed by atoms with Crippen LogP contribution in [0.5, 0.6) is 0 Å². The van der Waals surface area contributed by atoms with Crippen molar-refractivity contribution in [2.45, 2.75) is 12.1 Å². The summed E-state index contributed by atoms with van der Waals surface area (Å²) in [6, 6.07) is 7.27. The van der Waals surface area contributed by atoms with E-state index >= 15 is 0 Å². The Hall–Kier alpha value is -0.880. The van der Waals surface area contributed by atoms with Crippen LogP contribution in [-0.4, -0.2) is 17.8 Å². The Labute approximate surface area is 96.4 Å². The Morgan fingerprint density at radius 3 is 2.56 bits per heavy atom. The summed E-state index contributed by atoms with van der Waals surface area (Å²) in [6.07, 6.45) is 0. The molecule has 0 heterocycles. The number of para-hydroxylation sites is 1. The summed E-state index contributed by atoms with van der Waals surface area (Å²) in [7, 11) is 0. The van der Waals surface area contributed by atoms with Crippen molar-refractivity contribution < 1.29 is 13.2 Å². The molecule has 16 heavy (non-hydrogen) atoms. The van der Waals surface area contributed by atoms with Crippen molar-refractivity contribution in [2.24, 2.45) is 0 Å². The largest absolute Gasteiger partial charge is 0.441 e. The number of rotatable bonds is 5. The predicted molar refractivity (Wildman–Crippen MR) is 61.1 cm³/mol. The molecule has 0 atom stereocenters. The highest BCUT2D eigenvalue weighted by molar-refractivity contribution is 8.00. The molecular formula is C10H13F3N2S. The molecule has 3 N–H and O–H groups in total. The maximum atomic E-state index is 11.8. The third-order valence-electron chi connectivity index (χ3n) is 1.92. The Balaban J connectivity index is 2.19. The summed E-state index contributed by atoms with van der Waals surface area (Å²) in [5.41, 5.74) is 3.09. The molecule has 0 amide bonds. The minimum atomic E-state index is -4.15. The lowest BCUT2D eigenvalue weighted by Gasteiger charge is -2.08. The zero-order valence-electron chi connectivity index (χ0n) is 8.55. The number of nitrogens with two attached hydrogens (primary N) is 1. The van der Waals surface area contributed by atoms with Crippen molar-refractivity contribution >= 4 is 17.4 Å². The van der Waals surface area contributed by atoms with Gasteiger partial charge in [0.15, 0.2) is 0 Å². The average molecular weight is 250 g/mol. The zero-order chi connectivity index (χ0) is 12.0. The van der Waals surface area contributed by atoms with Crippen LogP contribution in [0.2, 0.25) is 0 Å². The van der Waals surface area contributed by atoms with Gasteiger partial charge in [-0.3, -0.25) is 0 Å². The van der Waals surface area contributed by atoms with Gasteiger partial charge in [0.1, 0.15) is 0 Å². The van der Waals surface area contributed by atoms with Gasteiger partial charge < -0.3 is 11.1 Å². The van der Waals surface area contributed by atoms with Crippen LogP contribution in [0.3, 0.4) is 0 Å². The second kappa shape index (κ2) is 6.00. The number of hydrogen-bond donors (Lipinski definition) is 2. The first-order valence-electron chi connectivity index (χ1n) is 4.74. The van der Waals surface area contributed by atoms with Crippen LogP contribution in [0, 0.1) is 0 Å². The average Bonchev–Trinajstić information content (AvgIpc) is 2.18. The normalized spacial score (nSPS) is 11.7. The smallest absolute Gasteiger partial charge is 0.398 e. The number of nitrogens with one attached hydrogen (secondary N) is 1. The fraction of sp³-hybridized carbons (Fsp3) is 0.400. The standard InChI is InChI=1S/C10H13F3N2S/c11-10(12,13)16-6-5-15-7-8-3-1-2-4-9(8)14/h1-4,15H,5-7,14H2. The maximum Gasteiger partial charge on any atom is 0.441 e. The van der Waals surface area contributed by atoms with Gasteiger partial charge in [-0.2, -0.15) is 13.2 Å². The molecule has 1 rings (SSSR count). The summed E-state index contributed by atoms with van der Waals surface area (Å²) < 4.78 is 35.4. The van der Waals surface area contributed by atoms with Crippen molar-refractivity contribution in [3.05, 3.63) is 29.8 Å². The van der Waals surface area contributed by atoms with Crippen molar-refractivity contribution in [3.8, 4) is 0 Å². The Kier molecular flexibility index (Phi) is 4.95. The molecule has 0 saturated carbocycles. The highest BCUT2D eigenvalue weighted by atomic mass is 32.2. The first kappa shape index (κ1) is 13.2. The van der Waals surface area contributed by atoms with E-state index in [0.29, 0.717) is 18.8 Å². The van der Waals surface area contributed by atoms with E-state index in [1.807, 2.05) is 18.2 Å². The third kappa shape index (κ3) is 5.27. The lowest BCUT2D eigenvalue weighted by molar-refractivity contribution is -0.0327. The van der Waals surface area contributed by atoms with Crippen LogP contribution < -0.4 is 11.1 Å². The quantitative estimate of drug-likeness (QED) is 0.623. The molecule has 6 heteroatoms. The number of benzene rings is 1. The molecule has 0 aromatic heterocycles. The maximum absolute atomic E-state index is 11.8. The van der Waals surface area contributed by atoms with Gasteiger partial charge in [-0.05, 0) is 23.4 Å². The molecule has 1 aromatic carbocycles. The van der Waals surface area contributed by atoms with Gasteiger partial charge in [-0.1, -0.05) is 18.2 Å². The lowest BCUT2D eigenvalue weighted by atomic mass is 10.2. The SMILES string of the molecule is Nc1ccccc1CNCCSC(F)(F)F. The van der Waals surface area contributed by atoms with Gasteiger partial charge in [-0.15, -0.1) is 0 Å². The van der Waals surface area contributed by atoms with E-state index in [2.05, 4.69) is 5.32 Å². The highest BCUT2D eigenvalue weighted by Crippen LogP contribution is 2.29. The van der Waals surface area contributed by atoms with Gasteiger partial charge in [0.25, 0.3) is 0 Å². The number of anilines is 1. The van der Waals surface area contributed by atoms with E-state index < -0.39 is 5.51 Å². The topological polar surface area (TPSA) is 38.0 Å². The van der Waals surface area contributed by atoms with Gasteiger partial charge in [0.2, 0.25) is 0 Å². The molecule has 0 aliphatic rings. The van der Waals surface area contributed by atoms with Crippen LogP contribution in [-0.2, 0) is 6.54 Å². The minimum Gasteiger partial charge on any atom is -0.398 e. The molecule has 0 bridgehead atoms. The van der Waals surface area contributed by atoms with Gasteiger partial charge in [-0.25, -0.2) is 0 Å². The fourth-order valence-electron chi connectivity index (χ4n) is 1.16. The highest BCUT2D eigenvalue weighted by Gasteiger charge is 2.27. The Morgan fingerprint density at radius 2 is 1.94 bits per heavy atom. The number of nitrogen functional groups attached to an aromatic ring is 1. The lowest BCUT2D eigenvalue weighted by Crippen LogP contribution is -2.19. The first-order chi connectivity index (χ1) is 7.49. The van der Waals surface area contributed by atoms with Crippen LogP contribution >= 0.6 is 11.8 Å². The Morgan fingerprint density at radius 1 is 1.25 bits per heavy atom. The van der Waals surface area contributed by atoms with E-state index in [9.17, 15) is 13.2 Å². The van der Waals surface area contributed by atoms with Gasteiger partial charge in [0, 0.05) is 24.5 Å². The number of thioether (sulfide) groups is 1. The van der Waals surface area contributed by atoms with E-state index in [-0.39, 0.29) is 17.5 Å². The van der Waals surface area contributed by atoms with Crippen molar-refractivity contribution in [2.75, 3.05) is 18.0 Å². The van der Waals surface area contributed by atoms with E-state index in [4.69, 9.17) is 5.73 Å². The van der Waals surface area contributed by atoms with Crippen molar-refractivity contribution in [1.82, 2.24) is 5.32 Å². The predicted octanol–water partition coefficient (Wildman–Crippen LogP) is 2.61. The molecule has 1 aromatic rings. The molecule has 0 radical (unpaired) electrons. The summed E-state index contributed by atoms with van der Waals surface area (Å²) >= 11 is -0.0208. The second-order valence-corrected chi connectivity index (χ2v) is 4.33. The number of halogens is 3. The molecule has 0 spiro atoms. The van der Waals surface area contributed by atoms with Crippen LogP contribution in [0.1, 0.15) is 5.56 Å².